The molecule has 0 bridgehead atoms. The third kappa shape index (κ3) is 1.35. The van der Waals surface area contributed by atoms with E-state index >= 15 is 0 Å². The van der Waals surface area contributed by atoms with Crippen molar-refractivity contribution < 1.29 is 19.1 Å². The van der Waals surface area contributed by atoms with Crippen molar-refractivity contribution in [1.29, 1.82) is 0 Å². The average molecular weight is 262 g/mol. The van der Waals surface area contributed by atoms with Crippen molar-refractivity contribution >= 4 is 11.9 Å². The molecule has 19 heavy (non-hydrogen) atoms. The SMILES string of the molecule is CC1=C[C@H]2OC(=O)[C@H]3CC[C@@H]4[C@H](OC(=O)[C@H]4C)[C@@H]1[C@@H]32. The number of carbonyl (C=O) groups excluding carboxylic acids is 2. The summed E-state index contributed by atoms with van der Waals surface area (Å²) in [5.74, 6) is 0.478. The van der Waals surface area contributed by atoms with Crippen molar-refractivity contribution in [2.75, 3.05) is 0 Å². The van der Waals surface area contributed by atoms with Gasteiger partial charge in [0.1, 0.15) is 12.2 Å². The molecule has 0 spiro atoms. The van der Waals surface area contributed by atoms with Gasteiger partial charge in [0.05, 0.1) is 11.8 Å². The molecule has 0 aromatic heterocycles. The second-order valence-corrected chi connectivity index (χ2v) is 6.45. The second-order valence-electron chi connectivity index (χ2n) is 6.45. The number of ether oxygens (including phenoxy) is 2. The molecular weight excluding hydrogens is 244 g/mol. The number of rotatable bonds is 0. The Labute approximate surface area is 112 Å². The lowest BCUT2D eigenvalue weighted by Crippen LogP contribution is -2.33. The Balaban J connectivity index is 1.77. The zero-order chi connectivity index (χ0) is 13.3. The minimum atomic E-state index is -0.0872. The first-order valence-corrected chi connectivity index (χ1v) is 7.17. The van der Waals surface area contributed by atoms with Crippen molar-refractivity contribution in [2.45, 2.75) is 38.9 Å². The molecule has 2 aliphatic carbocycles. The molecule has 3 fully saturated rings. The predicted molar refractivity (Wildman–Crippen MR) is 65.9 cm³/mol. The van der Waals surface area contributed by atoms with Gasteiger partial charge < -0.3 is 9.47 Å². The van der Waals surface area contributed by atoms with Crippen LogP contribution < -0.4 is 0 Å². The van der Waals surface area contributed by atoms with Crippen LogP contribution in [0.1, 0.15) is 26.7 Å². The van der Waals surface area contributed by atoms with Crippen LogP contribution in [0, 0.1) is 29.6 Å². The Morgan fingerprint density at radius 1 is 1.16 bits per heavy atom. The highest BCUT2D eigenvalue weighted by Gasteiger charge is 2.59. The molecule has 4 heteroatoms. The van der Waals surface area contributed by atoms with E-state index in [0.29, 0.717) is 0 Å². The Kier molecular flexibility index (Phi) is 2.19. The normalized spacial score (nSPS) is 51.1. The summed E-state index contributed by atoms with van der Waals surface area (Å²) in [4.78, 5) is 23.8. The van der Waals surface area contributed by atoms with Crippen LogP contribution in [0.4, 0.5) is 0 Å². The van der Waals surface area contributed by atoms with Gasteiger partial charge in [0.2, 0.25) is 0 Å². The van der Waals surface area contributed by atoms with Crippen LogP contribution in [0.5, 0.6) is 0 Å². The minimum Gasteiger partial charge on any atom is -0.461 e. The van der Waals surface area contributed by atoms with Crippen LogP contribution in [-0.4, -0.2) is 24.1 Å². The Hall–Kier alpha value is -1.32. The van der Waals surface area contributed by atoms with Crippen LogP contribution in [0.15, 0.2) is 11.6 Å². The molecule has 4 nitrogen and oxygen atoms in total. The van der Waals surface area contributed by atoms with Crippen molar-refractivity contribution in [3.05, 3.63) is 11.6 Å². The van der Waals surface area contributed by atoms with E-state index in [1.165, 1.54) is 5.57 Å². The predicted octanol–water partition coefficient (Wildman–Crippen LogP) is 1.69. The van der Waals surface area contributed by atoms with E-state index < -0.39 is 0 Å². The Bertz CT molecular complexity index is 494. The zero-order valence-electron chi connectivity index (χ0n) is 11.2. The van der Waals surface area contributed by atoms with E-state index in [2.05, 4.69) is 13.0 Å². The number of esters is 2. The summed E-state index contributed by atoms with van der Waals surface area (Å²) in [5.41, 5.74) is 1.23. The van der Waals surface area contributed by atoms with E-state index in [4.69, 9.17) is 9.47 Å². The van der Waals surface area contributed by atoms with Gasteiger partial charge in [0.15, 0.2) is 0 Å². The van der Waals surface area contributed by atoms with Crippen LogP contribution >= 0.6 is 0 Å². The van der Waals surface area contributed by atoms with Crippen LogP contribution in [-0.2, 0) is 19.1 Å². The molecule has 2 heterocycles. The fourth-order valence-electron chi connectivity index (χ4n) is 4.66. The van der Waals surface area contributed by atoms with Crippen LogP contribution in [0.3, 0.4) is 0 Å². The lowest BCUT2D eigenvalue weighted by molar-refractivity contribution is -0.146. The maximum absolute atomic E-state index is 12.0. The summed E-state index contributed by atoms with van der Waals surface area (Å²) in [5, 5.41) is 0. The van der Waals surface area contributed by atoms with Crippen LogP contribution in [0.25, 0.3) is 0 Å². The highest BCUT2D eigenvalue weighted by Crippen LogP contribution is 2.54. The van der Waals surface area contributed by atoms with Gasteiger partial charge in [-0.05, 0) is 25.8 Å². The average Bonchev–Trinajstić information content (AvgIpc) is 2.86. The lowest BCUT2D eigenvalue weighted by Gasteiger charge is -2.27. The van der Waals surface area contributed by atoms with E-state index in [-0.39, 0.29) is 53.7 Å². The first-order chi connectivity index (χ1) is 9.08. The zero-order valence-corrected chi connectivity index (χ0v) is 11.2. The van der Waals surface area contributed by atoms with Crippen molar-refractivity contribution in [2.24, 2.45) is 29.6 Å². The molecule has 0 aromatic carbocycles. The van der Waals surface area contributed by atoms with Gasteiger partial charge in [-0.15, -0.1) is 0 Å². The molecule has 4 aliphatic rings. The molecule has 0 amide bonds. The molecule has 4 rings (SSSR count). The fraction of sp³-hybridized carbons (Fsp3) is 0.733. The third-order valence-corrected chi connectivity index (χ3v) is 5.62. The van der Waals surface area contributed by atoms with E-state index in [1.54, 1.807) is 0 Å². The van der Waals surface area contributed by atoms with Gasteiger partial charge in [0.25, 0.3) is 0 Å². The molecular formula is C15H18O4. The first-order valence-electron chi connectivity index (χ1n) is 7.17. The summed E-state index contributed by atoms with van der Waals surface area (Å²) < 4.78 is 11.1. The number of hydrogen-bond acceptors (Lipinski definition) is 4. The molecule has 1 saturated carbocycles. The lowest BCUT2D eigenvalue weighted by atomic mass is 9.78. The summed E-state index contributed by atoms with van der Waals surface area (Å²) >= 11 is 0. The molecule has 0 N–H and O–H groups in total. The van der Waals surface area contributed by atoms with Gasteiger partial charge >= 0.3 is 11.9 Å². The molecule has 2 saturated heterocycles. The standard InChI is InChI=1S/C15H18O4/c1-6-5-10-12-9(15(17)18-10)4-3-8-7(2)14(16)19-13(8)11(6)12/h5,7-13H,3-4H2,1-2H3/t7-,8-,9-,10+,11-,12-,13-/m0/s1. The minimum absolute atomic E-state index is 0.000187. The summed E-state index contributed by atoms with van der Waals surface area (Å²) in [7, 11) is 0. The van der Waals surface area contributed by atoms with Gasteiger partial charge in [-0.2, -0.15) is 0 Å². The topological polar surface area (TPSA) is 52.6 Å². The quantitative estimate of drug-likeness (QED) is 0.492. The summed E-state index contributed by atoms with van der Waals surface area (Å²) in [6.07, 6.45) is 3.65. The monoisotopic (exact) mass is 262 g/mol. The third-order valence-electron chi connectivity index (χ3n) is 5.62. The molecule has 7 atom stereocenters. The van der Waals surface area contributed by atoms with Gasteiger partial charge in [-0.25, -0.2) is 0 Å². The fourth-order valence-corrected chi connectivity index (χ4v) is 4.66. The van der Waals surface area contributed by atoms with Crippen molar-refractivity contribution in [1.82, 2.24) is 0 Å². The van der Waals surface area contributed by atoms with E-state index in [1.807, 2.05) is 6.92 Å². The van der Waals surface area contributed by atoms with Crippen molar-refractivity contribution in [3.63, 3.8) is 0 Å². The molecule has 102 valence electrons. The van der Waals surface area contributed by atoms with Gasteiger partial charge in [-0.3, -0.25) is 9.59 Å². The Morgan fingerprint density at radius 2 is 1.95 bits per heavy atom. The number of carbonyl (C=O) groups is 2. The van der Waals surface area contributed by atoms with Crippen LogP contribution in [0.2, 0.25) is 0 Å². The van der Waals surface area contributed by atoms with Gasteiger partial charge in [-0.1, -0.05) is 12.5 Å². The number of fused-ring (bicyclic) bond motifs is 2. The first kappa shape index (κ1) is 11.5. The smallest absolute Gasteiger partial charge is 0.309 e. The van der Waals surface area contributed by atoms with Gasteiger partial charge in [0, 0.05) is 17.8 Å². The molecule has 0 aromatic rings. The summed E-state index contributed by atoms with van der Waals surface area (Å²) in [6, 6.07) is 0. The van der Waals surface area contributed by atoms with E-state index in [0.717, 1.165) is 12.8 Å². The molecule has 2 aliphatic heterocycles. The maximum Gasteiger partial charge on any atom is 0.309 e. The highest BCUT2D eigenvalue weighted by atomic mass is 16.6. The number of hydrogen-bond donors (Lipinski definition) is 0. The van der Waals surface area contributed by atoms with E-state index in [9.17, 15) is 9.59 Å². The summed E-state index contributed by atoms with van der Waals surface area (Å²) in [6.45, 7) is 4.03. The molecule has 0 radical (unpaired) electrons. The Morgan fingerprint density at radius 3 is 2.74 bits per heavy atom. The second kappa shape index (κ2) is 3.62. The maximum atomic E-state index is 12.0. The molecule has 0 unspecified atom stereocenters. The van der Waals surface area contributed by atoms with Crippen molar-refractivity contribution in [3.8, 4) is 0 Å². The highest BCUT2D eigenvalue weighted by molar-refractivity contribution is 5.78. The largest absolute Gasteiger partial charge is 0.461 e.